The highest BCUT2D eigenvalue weighted by molar-refractivity contribution is 5.80. The first kappa shape index (κ1) is 29.0. The minimum atomic E-state index is 0.226. The molecule has 0 radical (unpaired) electrons. The standard InChI is InChI=1S/C45H41N3/c1-45(2)30-33-12-6-7-15-37(33)38-25-24-36(29-41(38)45)47(44-18-10-11-27-46-44)35-22-19-31(20-23-35)32-21-26-43-40(28-32)39-16-8-9-17-42(39)48(43)34-13-4-3-5-14-34/h3-24,26-28,38-39,41-42H,25,29-30H2,1-2H3. The normalized spacial score (nSPS) is 23.0. The molecule has 4 unspecified atom stereocenters. The molecule has 3 nitrogen and oxygen atoms in total. The van der Waals surface area contributed by atoms with Crippen LogP contribution >= 0.6 is 0 Å². The molecule has 48 heavy (non-hydrogen) atoms. The van der Waals surface area contributed by atoms with Gasteiger partial charge in [0.05, 0.1) is 6.04 Å². The lowest BCUT2D eigenvalue weighted by atomic mass is 9.58. The lowest BCUT2D eigenvalue weighted by Gasteiger charge is -2.48. The Labute approximate surface area is 284 Å². The molecule has 0 spiro atoms. The molecule has 236 valence electrons. The van der Waals surface area contributed by atoms with Crippen LogP contribution in [0.3, 0.4) is 0 Å². The second-order valence-electron chi connectivity index (χ2n) is 14.5. The van der Waals surface area contributed by atoms with Crippen LogP contribution < -0.4 is 9.80 Å². The van der Waals surface area contributed by atoms with Gasteiger partial charge >= 0.3 is 0 Å². The van der Waals surface area contributed by atoms with E-state index in [0.29, 0.717) is 23.8 Å². The molecule has 0 N–H and O–H groups in total. The highest BCUT2D eigenvalue weighted by Gasteiger charge is 2.44. The van der Waals surface area contributed by atoms with Crippen LogP contribution in [0.5, 0.6) is 0 Å². The van der Waals surface area contributed by atoms with E-state index in [9.17, 15) is 0 Å². The Morgan fingerprint density at radius 1 is 0.750 bits per heavy atom. The number of allylic oxidation sites excluding steroid dienone is 4. The lowest BCUT2D eigenvalue weighted by Crippen LogP contribution is -2.39. The van der Waals surface area contributed by atoms with Gasteiger partial charge in [0.2, 0.25) is 0 Å². The number of hydrogen-bond donors (Lipinski definition) is 0. The van der Waals surface area contributed by atoms with Crippen LogP contribution in [-0.2, 0) is 6.42 Å². The number of hydrogen-bond acceptors (Lipinski definition) is 3. The van der Waals surface area contributed by atoms with E-state index in [1.54, 1.807) is 5.56 Å². The van der Waals surface area contributed by atoms with Gasteiger partial charge in [0.25, 0.3) is 0 Å². The average molecular weight is 624 g/mol. The molecule has 0 saturated carbocycles. The van der Waals surface area contributed by atoms with Crippen LogP contribution in [0.15, 0.2) is 158 Å². The van der Waals surface area contributed by atoms with Crippen molar-refractivity contribution in [3.8, 4) is 11.1 Å². The number of nitrogens with zero attached hydrogens (tertiary/aromatic N) is 3. The highest BCUT2D eigenvalue weighted by Crippen LogP contribution is 2.54. The van der Waals surface area contributed by atoms with Crippen molar-refractivity contribution in [1.29, 1.82) is 0 Å². The molecule has 0 amide bonds. The summed E-state index contributed by atoms with van der Waals surface area (Å²) < 4.78 is 0. The zero-order chi connectivity index (χ0) is 32.2. The van der Waals surface area contributed by atoms with Crippen LogP contribution in [0.2, 0.25) is 0 Å². The molecular weight excluding hydrogens is 583 g/mol. The maximum absolute atomic E-state index is 4.87. The van der Waals surface area contributed by atoms with Crippen LogP contribution in [0.4, 0.5) is 22.9 Å². The maximum atomic E-state index is 4.87. The summed E-state index contributed by atoms with van der Waals surface area (Å²) >= 11 is 0. The molecule has 3 heteroatoms. The fourth-order valence-electron chi connectivity index (χ4n) is 9.05. The molecule has 1 aromatic heterocycles. The van der Waals surface area contributed by atoms with Crippen molar-refractivity contribution in [2.75, 3.05) is 9.80 Å². The van der Waals surface area contributed by atoms with E-state index in [4.69, 9.17) is 4.98 Å². The van der Waals surface area contributed by atoms with Crippen molar-refractivity contribution in [2.24, 2.45) is 11.3 Å². The van der Waals surface area contributed by atoms with Crippen molar-refractivity contribution >= 4 is 22.9 Å². The molecule has 3 aliphatic carbocycles. The summed E-state index contributed by atoms with van der Waals surface area (Å²) in [6.07, 6.45) is 16.7. The van der Waals surface area contributed by atoms with Crippen molar-refractivity contribution in [2.45, 2.75) is 51.0 Å². The van der Waals surface area contributed by atoms with Crippen LogP contribution in [0, 0.1) is 11.3 Å². The molecule has 1 aliphatic heterocycles. The summed E-state index contributed by atoms with van der Waals surface area (Å²) in [6.45, 7) is 4.95. The Morgan fingerprint density at radius 2 is 1.52 bits per heavy atom. The zero-order valence-corrected chi connectivity index (χ0v) is 27.7. The largest absolute Gasteiger partial charge is 0.333 e. The summed E-state index contributed by atoms with van der Waals surface area (Å²) in [5, 5.41) is 0. The summed E-state index contributed by atoms with van der Waals surface area (Å²) in [5.41, 5.74) is 12.2. The smallest absolute Gasteiger partial charge is 0.137 e. The Hall–Kier alpha value is -5.15. The Morgan fingerprint density at radius 3 is 2.35 bits per heavy atom. The van der Waals surface area contributed by atoms with E-state index in [1.807, 2.05) is 12.3 Å². The third kappa shape index (κ3) is 4.83. The topological polar surface area (TPSA) is 19.4 Å². The fourth-order valence-corrected chi connectivity index (χ4v) is 9.05. The van der Waals surface area contributed by atoms with Gasteiger partial charge in [-0.05, 0) is 113 Å². The second-order valence-corrected chi connectivity index (χ2v) is 14.5. The maximum Gasteiger partial charge on any atom is 0.137 e. The number of aromatic nitrogens is 1. The number of para-hydroxylation sites is 1. The van der Waals surface area contributed by atoms with Crippen molar-refractivity contribution in [1.82, 2.24) is 4.98 Å². The van der Waals surface area contributed by atoms with Crippen LogP contribution in [0.25, 0.3) is 11.1 Å². The van der Waals surface area contributed by atoms with Crippen molar-refractivity contribution in [3.05, 3.63) is 174 Å². The first-order valence-electron chi connectivity index (χ1n) is 17.5. The van der Waals surface area contributed by atoms with Crippen molar-refractivity contribution < 1.29 is 0 Å². The first-order valence-corrected chi connectivity index (χ1v) is 17.5. The van der Waals surface area contributed by atoms with Crippen molar-refractivity contribution in [3.63, 3.8) is 0 Å². The SMILES string of the molecule is CC1(C)Cc2ccccc2C2CC=C(N(c3ccc(-c4ccc5c(c4)C4C=CC=CC4N5c4ccccc4)cc3)c3ccccn3)CC21. The molecule has 4 aromatic carbocycles. The predicted molar refractivity (Wildman–Crippen MR) is 199 cm³/mol. The Bertz CT molecular complexity index is 2060. The van der Waals surface area contributed by atoms with Gasteiger partial charge < -0.3 is 4.90 Å². The number of anilines is 4. The van der Waals surface area contributed by atoms with E-state index in [1.165, 1.54) is 39.3 Å². The Balaban J connectivity index is 1.06. The zero-order valence-electron chi connectivity index (χ0n) is 27.7. The van der Waals surface area contributed by atoms with E-state index >= 15 is 0 Å². The van der Waals surface area contributed by atoms with Gasteiger partial charge in [0, 0.05) is 34.9 Å². The molecule has 5 aromatic rings. The minimum absolute atomic E-state index is 0.226. The molecule has 0 saturated heterocycles. The number of benzene rings is 4. The van der Waals surface area contributed by atoms with Gasteiger partial charge in [-0.15, -0.1) is 0 Å². The van der Waals surface area contributed by atoms with Gasteiger partial charge in [0.15, 0.2) is 0 Å². The predicted octanol–water partition coefficient (Wildman–Crippen LogP) is 11.3. The van der Waals surface area contributed by atoms with Crippen LogP contribution in [-0.4, -0.2) is 11.0 Å². The quantitative estimate of drug-likeness (QED) is 0.194. The summed E-state index contributed by atoms with van der Waals surface area (Å²) in [7, 11) is 0. The fraction of sp³-hybridized carbons (Fsp3) is 0.222. The van der Waals surface area contributed by atoms with Gasteiger partial charge in [-0.3, -0.25) is 4.90 Å². The molecule has 9 rings (SSSR count). The van der Waals surface area contributed by atoms with Gasteiger partial charge in [0.1, 0.15) is 5.82 Å². The summed E-state index contributed by atoms with van der Waals surface area (Å²) in [4.78, 5) is 9.76. The van der Waals surface area contributed by atoms with Gasteiger partial charge in [-0.1, -0.05) is 111 Å². The summed E-state index contributed by atoms with van der Waals surface area (Å²) in [5.74, 6) is 2.45. The molecule has 0 bridgehead atoms. The minimum Gasteiger partial charge on any atom is -0.333 e. The van der Waals surface area contributed by atoms with Gasteiger partial charge in [-0.25, -0.2) is 4.98 Å². The third-order valence-corrected chi connectivity index (χ3v) is 11.3. The molecule has 4 atom stereocenters. The highest BCUT2D eigenvalue weighted by atomic mass is 15.2. The van der Waals surface area contributed by atoms with E-state index in [2.05, 4.69) is 163 Å². The molecule has 4 aliphatic rings. The Kier molecular flexibility index (Phi) is 6.97. The lowest BCUT2D eigenvalue weighted by molar-refractivity contribution is 0.149. The van der Waals surface area contributed by atoms with E-state index in [0.717, 1.165) is 30.8 Å². The van der Waals surface area contributed by atoms with Crippen LogP contribution in [0.1, 0.15) is 55.2 Å². The monoisotopic (exact) mass is 623 g/mol. The number of rotatable bonds is 5. The first-order chi connectivity index (χ1) is 23.5. The number of fused-ring (bicyclic) bond motifs is 6. The molecule has 0 fully saturated rings. The second kappa shape index (κ2) is 11.5. The van der Waals surface area contributed by atoms with Gasteiger partial charge in [-0.2, -0.15) is 0 Å². The summed E-state index contributed by atoms with van der Waals surface area (Å²) in [6, 6.07) is 42.6. The molecular formula is C45H41N3. The third-order valence-electron chi connectivity index (χ3n) is 11.3. The van der Waals surface area contributed by atoms with E-state index in [-0.39, 0.29) is 5.41 Å². The average Bonchev–Trinajstić information content (AvgIpc) is 3.46. The number of pyridine rings is 1. The molecule has 2 heterocycles. The van der Waals surface area contributed by atoms with E-state index < -0.39 is 0 Å².